The highest BCUT2D eigenvalue weighted by Crippen LogP contribution is 2.10. The molecular formula is C18H23ClN2O2. The van der Waals surface area contributed by atoms with Gasteiger partial charge in [0.05, 0.1) is 12.6 Å². The summed E-state index contributed by atoms with van der Waals surface area (Å²) in [6, 6.07) is 18.7. The van der Waals surface area contributed by atoms with E-state index in [-0.39, 0.29) is 24.4 Å². The second-order valence-corrected chi connectivity index (χ2v) is 5.28. The summed E-state index contributed by atoms with van der Waals surface area (Å²) in [5.74, 6) is 0.630. The molecule has 3 N–H and O–H groups in total. The third-order valence-corrected chi connectivity index (χ3v) is 3.28. The van der Waals surface area contributed by atoms with E-state index in [2.05, 4.69) is 5.32 Å². The number of nitrogens with two attached hydrogens (primary N) is 1. The summed E-state index contributed by atoms with van der Waals surface area (Å²) in [6.07, 6.45) is 0.413. The molecule has 0 aromatic heterocycles. The maximum atomic E-state index is 12.0. The number of carbonyl (C=O) groups is 1. The van der Waals surface area contributed by atoms with Gasteiger partial charge < -0.3 is 15.8 Å². The molecule has 0 saturated heterocycles. The molecule has 23 heavy (non-hydrogen) atoms. The summed E-state index contributed by atoms with van der Waals surface area (Å²) in [7, 11) is 0. The van der Waals surface area contributed by atoms with Crippen LogP contribution in [-0.4, -0.2) is 24.6 Å². The number of ether oxygens (including phenoxy) is 1. The first-order chi connectivity index (χ1) is 10.6. The Morgan fingerprint density at radius 2 is 1.65 bits per heavy atom. The third kappa shape index (κ3) is 6.72. The van der Waals surface area contributed by atoms with Crippen LogP contribution < -0.4 is 15.8 Å². The van der Waals surface area contributed by atoms with Crippen molar-refractivity contribution in [3.63, 3.8) is 0 Å². The monoisotopic (exact) mass is 334 g/mol. The van der Waals surface area contributed by atoms with Crippen LogP contribution in [0.1, 0.15) is 12.5 Å². The van der Waals surface area contributed by atoms with Crippen molar-refractivity contribution in [1.82, 2.24) is 5.32 Å². The van der Waals surface area contributed by atoms with E-state index in [0.717, 1.165) is 11.3 Å². The Morgan fingerprint density at radius 1 is 1.09 bits per heavy atom. The number of rotatable bonds is 7. The minimum absolute atomic E-state index is 0. The average Bonchev–Trinajstić information content (AvgIpc) is 2.54. The van der Waals surface area contributed by atoms with Gasteiger partial charge in [0.15, 0.2) is 0 Å². The fraction of sp³-hybridized carbons (Fsp3) is 0.278. The van der Waals surface area contributed by atoms with Gasteiger partial charge in [-0.1, -0.05) is 48.5 Å². The summed E-state index contributed by atoms with van der Waals surface area (Å²) in [5, 5.41) is 2.83. The molecule has 0 radical (unpaired) electrons. The number of hydrogen-bond acceptors (Lipinski definition) is 3. The first-order valence-electron chi connectivity index (χ1n) is 7.44. The van der Waals surface area contributed by atoms with Gasteiger partial charge in [0.25, 0.3) is 0 Å². The average molecular weight is 335 g/mol. The molecule has 0 saturated carbocycles. The molecule has 1 amide bonds. The van der Waals surface area contributed by atoms with Crippen molar-refractivity contribution < 1.29 is 9.53 Å². The van der Waals surface area contributed by atoms with E-state index in [1.54, 1.807) is 0 Å². The summed E-state index contributed by atoms with van der Waals surface area (Å²) in [5.41, 5.74) is 6.99. The van der Waals surface area contributed by atoms with Crippen LogP contribution in [0.5, 0.6) is 5.75 Å². The van der Waals surface area contributed by atoms with Gasteiger partial charge in [-0.05, 0) is 31.0 Å². The molecule has 2 aromatic rings. The molecule has 4 nitrogen and oxygen atoms in total. The van der Waals surface area contributed by atoms with Crippen LogP contribution in [0.15, 0.2) is 60.7 Å². The first kappa shape index (κ1) is 19.0. The summed E-state index contributed by atoms with van der Waals surface area (Å²) in [6.45, 7) is 2.34. The van der Waals surface area contributed by atoms with Crippen molar-refractivity contribution in [2.75, 3.05) is 6.54 Å². The first-order valence-corrected chi connectivity index (χ1v) is 7.44. The number of nitrogens with one attached hydrogen (secondary N) is 1. The zero-order valence-electron chi connectivity index (χ0n) is 13.1. The van der Waals surface area contributed by atoms with E-state index in [9.17, 15) is 4.79 Å². The molecule has 1 unspecified atom stereocenters. The van der Waals surface area contributed by atoms with Gasteiger partial charge in [-0.3, -0.25) is 4.79 Å². The molecule has 0 fully saturated rings. The van der Waals surface area contributed by atoms with Crippen LogP contribution in [0.4, 0.5) is 0 Å². The standard InChI is InChI=1S/C18H22N2O2.ClH/c1-14(22-16-10-6-3-7-11-16)13-20-18(21)17(19)12-15-8-4-2-5-9-15;/h2-11,14,17H,12-13,19H2,1H3,(H,20,21);1H/t14?,17-;/m0./s1. The maximum absolute atomic E-state index is 12.0. The Labute approximate surface area is 143 Å². The van der Waals surface area contributed by atoms with Gasteiger partial charge in [0.1, 0.15) is 11.9 Å². The lowest BCUT2D eigenvalue weighted by Gasteiger charge is -2.17. The van der Waals surface area contributed by atoms with Crippen molar-refractivity contribution in [2.24, 2.45) is 5.73 Å². The van der Waals surface area contributed by atoms with Gasteiger partial charge in [-0.2, -0.15) is 0 Å². The molecule has 2 atom stereocenters. The molecule has 0 bridgehead atoms. The van der Waals surface area contributed by atoms with Crippen LogP contribution >= 0.6 is 12.4 Å². The van der Waals surface area contributed by atoms with E-state index in [0.29, 0.717) is 13.0 Å². The van der Waals surface area contributed by atoms with Gasteiger partial charge >= 0.3 is 0 Å². The number of benzene rings is 2. The minimum Gasteiger partial charge on any atom is -0.489 e. The predicted molar refractivity (Wildman–Crippen MR) is 94.9 cm³/mol. The Morgan fingerprint density at radius 3 is 2.26 bits per heavy atom. The minimum atomic E-state index is -0.550. The van der Waals surface area contributed by atoms with E-state index in [4.69, 9.17) is 10.5 Å². The molecule has 0 spiro atoms. The predicted octanol–water partition coefficient (Wildman–Crippen LogP) is 2.56. The maximum Gasteiger partial charge on any atom is 0.237 e. The third-order valence-electron chi connectivity index (χ3n) is 3.28. The highest BCUT2D eigenvalue weighted by atomic mass is 35.5. The Bertz CT molecular complexity index is 578. The molecular weight excluding hydrogens is 312 g/mol. The van der Waals surface area contributed by atoms with Crippen molar-refractivity contribution >= 4 is 18.3 Å². The Balaban J connectivity index is 0.00000264. The summed E-state index contributed by atoms with van der Waals surface area (Å²) < 4.78 is 5.71. The van der Waals surface area contributed by atoms with Crippen molar-refractivity contribution in [1.29, 1.82) is 0 Å². The Kier molecular flexibility index (Phi) is 8.16. The molecule has 124 valence electrons. The fourth-order valence-corrected chi connectivity index (χ4v) is 2.11. The summed E-state index contributed by atoms with van der Waals surface area (Å²) >= 11 is 0. The zero-order chi connectivity index (χ0) is 15.8. The zero-order valence-corrected chi connectivity index (χ0v) is 14.0. The van der Waals surface area contributed by atoms with Crippen LogP contribution in [0, 0.1) is 0 Å². The van der Waals surface area contributed by atoms with Crippen LogP contribution in [0.3, 0.4) is 0 Å². The lowest BCUT2D eigenvalue weighted by molar-refractivity contribution is -0.122. The van der Waals surface area contributed by atoms with Crippen LogP contribution in [0.2, 0.25) is 0 Å². The van der Waals surface area contributed by atoms with Gasteiger partial charge in [-0.25, -0.2) is 0 Å². The normalized spacial score (nSPS) is 12.6. The van der Waals surface area contributed by atoms with E-state index < -0.39 is 6.04 Å². The largest absolute Gasteiger partial charge is 0.489 e. The van der Waals surface area contributed by atoms with Crippen LogP contribution in [-0.2, 0) is 11.2 Å². The molecule has 2 rings (SSSR count). The van der Waals surface area contributed by atoms with Gasteiger partial charge in [-0.15, -0.1) is 12.4 Å². The number of carbonyl (C=O) groups excluding carboxylic acids is 1. The topological polar surface area (TPSA) is 64.4 Å². The fourth-order valence-electron chi connectivity index (χ4n) is 2.11. The number of hydrogen-bond donors (Lipinski definition) is 2. The summed E-state index contributed by atoms with van der Waals surface area (Å²) in [4.78, 5) is 12.0. The SMILES string of the molecule is CC(CNC(=O)[C@@H](N)Cc1ccccc1)Oc1ccccc1.Cl. The second-order valence-electron chi connectivity index (χ2n) is 5.28. The van der Waals surface area contributed by atoms with Crippen LogP contribution in [0.25, 0.3) is 0 Å². The van der Waals surface area contributed by atoms with Crippen molar-refractivity contribution in [2.45, 2.75) is 25.5 Å². The number of halogens is 1. The number of para-hydroxylation sites is 1. The second kappa shape index (κ2) is 9.87. The molecule has 0 aliphatic carbocycles. The number of amides is 1. The molecule has 2 aromatic carbocycles. The van der Waals surface area contributed by atoms with E-state index in [1.165, 1.54) is 0 Å². The molecule has 0 aliphatic rings. The lowest BCUT2D eigenvalue weighted by atomic mass is 10.1. The Hall–Kier alpha value is -2.04. The van der Waals surface area contributed by atoms with E-state index in [1.807, 2.05) is 67.6 Å². The smallest absolute Gasteiger partial charge is 0.237 e. The highest BCUT2D eigenvalue weighted by molar-refractivity contribution is 5.85. The van der Waals surface area contributed by atoms with Gasteiger partial charge in [0.2, 0.25) is 5.91 Å². The molecule has 0 heterocycles. The quantitative estimate of drug-likeness (QED) is 0.818. The van der Waals surface area contributed by atoms with Crippen molar-refractivity contribution in [3.8, 4) is 5.75 Å². The molecule has 5 heteroatoms. The van der Waals surface area contributed by atoms with Gasteiger partial charge in [0, 0.05) is 0 Å². The lowest BCUT2D eigenvalue weighted by Crippen LogP contribution is -2.45. The van der Waals surface area contributed by atoms with E-state index >= 15 is 0 Å². The highest BCUT2D eigenvalue weighted by Gasteiger charge is 2.15. The molecule has 0 aliphatic heterocycles. The van der Waals surface area contributed by atoms with Crippen molar-refractivity contribution in [3.05, 3.63) is 66.2 Å².